The lowest BCUT2D eigenvalue weighted by atomic mass is 10.2. The second kappa shape index (κ2) is 13.7. The zero-order valence-corrected chi connectivity index (χ0v) is 22.9. The average molecular weight is 530 g/mol. The Morgan fingerprint density at radius 1 is 1.14 bits per heavy atom. The summed E-state index contributed by atoms with van der Waals surface area (Å²) in [6.45, 7) is 6.60. The molecule has 0 saturated carbocycles. The number of nitrogens with zero attached hydrogens (tertiary/aromatic N) is 5. The van der Waals surface area contributed by atoms with E-state index in [4.69, 9.17) is 20.7 Å². The number of aromatic nitrogens is 6. The van der Waals surface area contributed by atoms with E-state index in [9.17, 15) is 0 Å². The van der Waals surface area contributed by atoms with Crippen LogP contribution >= 0.6 is 11.8 Å². The number of hydrogen-bond acceptors (Lipinski definition) is 9. The highest BCUT2D eigenvalue weighted by atomic mass is 32.2. The zero-order valence-electron chi connectivity index (χ0n) is 22.1. The number of H-pyrrole nitrogens is 1. The van der Waals surface area contributed by atoms with Crippen molar-refractivity contribution in [2.45, 2.75) is 77.9 Å². The van der Waals surface area contributed by atoms with Crippen LogP contribution in [0.3, 0.4) is 0 Å². The fourth-order valence-corrected chi connectivity index (χ4v) is 5.01. The van der Waals surface area contributed by atoms with Crippen molar-refractivity contribution in [3.63, 3.8) is 0 Å². The lowest BCUT2D eigenvalue weighted by Crippen LogP contribution is -2.15. The van der Waals surface area contributed by atoms with Crippen molar-refractivity contribution in [3.05, 3.63) is 42.7 Å². The van der Waals surface area contributed by atoms with Crippen LogP contribution in [0.4, 0.5) is 5.82 Å². The Morgan fingerprint density at radius 3 is 2.65 bits per heavy atom. The number of unbranched alkanes of at least 4 members (excludes halogenated alkanes) is 1. The molecule has 1 fully saturated rings. The van der Waals surface area contributed by atoms with Crippen LogP contribution in [-0.2, 0) is 11.2 Å². The van der Waals surface area contributed by atoms with Crippen LogP contribution in [0.5, 0.6) is 0 Å². The molecule has 3 aromatic heterocycles. The third-order valence-electron chi connectivity index (χ3n) is 5.48. The predicted octanol–water partition coefficient (Wildman–Crippen LogP) is 4.45. The van der Waals surface area contributed by atoms with Gasteiger partial charge in [-0.15, -0.1) is 0 Å². The van der Waals surface area contributed by atoms with E-state index >= 15 is 0 Å². The van der Waals surface area contributed by atoms with Crippen LogP contribution < -0.4 is 5.73 Å². The topological polar surface area (TPSA) is 148 Å². The molecule has 2 unspecified atom stereocenters. The number of aliphatic hydroxyl groups is 2. The maximum Gasteiger partial charge on any atom is 0.167 e. The van der Waals surface area contributed by atoms with Gasteiger partial charge in [-0.3, -0.25) is 4.57 Å². The molecule has 10 nitrogen and oxygen atoms in total. The van der Waals surface area contributed by atoms with Gasteiger partial charge in [0.1, 0.15) is 23.9 Å². The monoisotopic (exact) mass is 529 g/mol. The van der Waals surface area contributed by atoms with E-state index in [2.05, 4.69) is 37.1 Å². The van der Waals surface area contributed by atoms with Gasteiger partial charge in [0.2, 0.25) is 0 Å². The fourth-order valence-electron chi connectivity index (χ4n) is 3.93. The summed E-state index contributed by atoms with van der Waals surface area (Å²) in [6.07, 6.45) is 8.82. The molecule has 4 aromatic rings. The van der Waals surface area contributed by atoms with E-state index in [1.807, 2.05) is 42.3 Å². The van der Waals surface area contributed by atoms with Crippen molar-refractivity contribution < 1.29 is 14.9 Å². The van der Waals surface area contributed by atoms with Gasteiger partial charge in [-0.25, -0.2) is 19.9 Å². The second-order valence-electron chi connectivity index (χ2n) is 9.10. The molecular formula is C26H39N7O3S. The van der Waals surface area contributed by atoms with Gasteiger partial charge >= 0.3 is 0 Å². The summed E-state index contributed by atoms with van der Waals surface area (Å²) in [5.74, 6) is 2.15. The highest BCUT2D eigenvalue weighted by Crippen LogP contribution is 2.32. The van der Waals surface area contributed by atoms with Gasteiger partial charge in [0.05, 0.1) is 23.5 Å². The summed E-state index contributed by atoms with van der Waals surface area (Å²) in [7, 11) is 0. The molecule has 1 aliphatic rings. The van der Waals surface area contributed by atoms with E-state index in [1.54, 1.807) is 6.33 Å². The highest BCUT2D eigenvalue weighted by Gasteiger charge is 2.28. The van der Waals surface area contributed by atoms with Crippen LogP contribution in [0, 0.1) is 0 Å². The normalized spacial score (nSPS) is 17.4. The summed E-state index contributed by atoms with van der Waals surface area (Å²) in [5.41, 5.74) is 9.44. The molecule has 202 valence electrons. The van der Waals surface area contributed by atoms with Crippen molar-refractivity contribution in [1.29, 1.82) is 0 Å². The molecule has 5 N–H and O–H groups in total. The summed E-state index contributed by atoms with van der Waals surface area (Å²) in [4.78, 5) is 20.7. The smallest absolute Gasteiger partial charge is 0.167 e. The van der Waals surface area contributed by atoms with Crippen LogP contribution in [0.1, 0.15) is 65.4 Å². The number of aryl methyl sites for hydroxylation is 1. The number of imidazole rings is 2. The Kier molecular flexibility index (Phi) is 10.7. The van der Waals surface area contributed by atoms with Crippen LogP contribution in [0.2, 0.25) is 0 Å². The van der Waals surface area contributed by atoms with Gasteiger partial charge in [-0.05, 0) is 57.4 Å². The molecule has 0 aliphatic carbocycles. The first-order chi connectivity index (χ1) is 17.8. The molecular weight excluding hydrogens is 490 g/mol. The summed E-state index contributed by atoms with van der Waals surface area (Å²) in [5, 5.41) is 16.2. The van der Waals surface area contributed by atoms with E-state index in [-0.39, 0.29) is 12.3 Å². The first kappa shape index (κ1) is 28.8. The fraction of sp³-hybridized carbons (Fsp3) is 0.538. The maximum atomic E-state index is 8.08. The maximum absolute atomic E-state index is 8.08. The zero-order chi connectivity index (χ0) is 26.8. The molecule has 11 heteroatoms. The number of nitrogens with one attached hydrogen (secondary N) is 1. The number of fused-ring (bicyclic) bond motifs is 2. The number of para-hydroxylation sites is 2. The number of rotatable bonds is 8. The average Bonchev–Trinajstić information content (AvgIpc) is 3.59. The highest BCUT2D eigenvalue weighted by molar-refractivity contribution is 7.99. The van der Waals surface area contributed by atoms with Crippen LogP contribution in [0.15, 0.2) is 36.9 Å². The first-order valence-electron chi connectivity index (χ1n) is 12.8. The van der Waals surface area contributed by atoms with Gasteiger partial charge in [0, 0.05) is 12.2 Å². The van der Waals surface area contributed by atoms with Gasteiger partial charge in [0.25, 0.3) is 0 Å². The quantitative estimate of drug-likeness (QED) is 0.192. The molecule has 1 aromatic carbocycles. The Morgan fingerprint density at radius 2 is 1.89 bits per heavy atom. The molecule has 1 saturated heterocycles. The molecule has 1 aliphatic heterocycles. The van der Waals surface area contributed by atoms with Crippen molar-refractivity contribution >= 4 is 39.8 Å². The molecule has 2 atom stereocenters. The number of ether oxygens (including phenoxy) is 1. The molecule has 37 heavy (non-hydrogen) atoms. The predicted molar refractivity (Wildman–Crippen MR) is 149 cm³/mol. The molecule has 0 bridgehead atoms. The summed E-state index contributed by atoms with van der Waals surface area (Å²) >= 11 is 1.97. The Hall–Kier alpha value is -2.73. The Labute approximate surface area is 222 Å². The molecule has 5 rings (SSSR count). The number of anilines is 1. The lowest BCUT2D eigenvalue weighted by Gasteiger charge is -2.15. The summed E-state index contributed by atoms with van der Waals surface area (Å²) < 4.78 is 8.23. The number of nitrogens with two attached hydrogens (primary N) is 1. The largest absolute Gasteiger partial charge is 0.382 e. The Balaban J connectivity index is 0.000000489. The van der Waals surface area contributed by atoms with Crippen LogP contribution in [0.25, 0.3) is 22.2 Å². The minimum Gasteiger partial charge on any atom is -0.382 e. The van der Waals surface area contributed by atoms with Crippen molar-refractivity contribution in [2.24, 2.45) is 0 Å². The van der Waals surface area contributed by atoms with Crippen molar-refractivity contribution in [2.75, 3.05) is 17.2 Å². The molecule has 0 radical (unpaired) electrons. The van der Waals surface area contributed by atoms with Gasteiger partial charge in [-0.1, -0.05) is 26.0 Å². The van der Waals surface area contributed by atoms with E-state index in [0.717, 1.165) is 59.7 Å². The number of aromatic amines is 1. The van der Waals surface area contributed by atoms with E-state index in [0.29, 0.717) is 11.3 Å². The first-order valence-corrected chi connectivity index (χ1v) is 14.0. The molecule has 0 amide bonds. The van der Waals surface area contributed by atoms with Gasteiger partial charge in [0.15, 0.2) is 17.3 Å². The number of benzene rings is 1. The number of hydrogen-bond donors (Lipinski definition) is 4. The standard InChI is InChI=1S/C21H25N7OS.C3H8O2.C2H6/c22-20-19-21(24-12-23-20)28(13-25-19)18-9-8-14(29-18)11-30-10-4-3-7-17-26-15-5-1-2-6-16(15)27-17;1-3(2,4)5;1-2/h1-2,5-6,12-14,18H,3-4,7-11H2,(H,26,27)(H2,22,23,24);4-5H,1-2H3;1-2H3. The van der Waals surface area contributed by atoms with E-state index in [1.165, 1.54) is 26.6 Å². The van der Waals surface area contributed by atoms with Gasteiger partial charge < -0.3 is 25.7 Å². The van der Waals surface area contributed by atoms with Gasteiger partial charge in [-0.2, -0.15) is 11.8 Å². The minimum atomic E-state index is -1.50. The third kappa shape index (κ3) is 8.67. The van der Waals surface area contributed by atoms with Crippen molar-refractivity contribution in [1.82, 2.24) is 29.5 Å². The minimum absolute atomic E-state index is 0.0250. The lowest BCUT2D eigenvalue weighted by molar-refractivity contribution is -0.127. The SMILES string of the molecule is CC.CC(C)(O)O.Nc1ncnc2c1ncn2C1CCC(CSCCCCc2nc3ccccc3[nH]2)O1. The third-order valence-corrected chi connectivity index (χ3v) is 6.66. The molecule has 0 spiro atoms. The van der Waals surface area contributed by atoms with Crippen LogP contribution in [-0.4, -0.2) is 63.1 Å². The van der Waals surface area contributed by atoms with E-state index < -0.39 is 5.79 Å². The number of thioether (sulfide) groups is 1. The molecule has 4 heterocycles. The Bertz CT molecular complexity index is 1200. The summed E-state index contributed by atoms with van der Waals surface area (Å²) in [6, 6.07) is 8.19. The number of nitrogen functional groups attached to an aromatic ring is 1. The van der Waals surface area contributed by atoms with Crippen molar-refractivity contribution in [3.8, 4) is 0 Å². The second-order valence-corrected chi connectivity index (χ2v) is 10.2.